The highest BCUT2D eigenvalue weighted by Gasteiger charge is 2.34. The second-order valence-electron chi connectivity index (χ2n) is 5.42. The van der Waals surface area contributed by atoms with E-state index in [0.717, 1.165) is 38.0 Å². The van der Waals surface area contributed by atoms with E-state index in [-0.39, 0.29) is 5.60 Å². The fraction of sp³-hybridized carbons (Fsp3) is 1.00. The maximum Gasteiger partial charge on any atom is 0.0651 e. The molecule has 0 aromatic carbocycles. The SMILES string of the molecule is NC1CCC(O)(CC2CCCC2)CC1. The molecule has 0 aromatic heterocycles. The Hall–Kier alpha value is -0.0800. The van der Waals surface area contributed by atoms with Crippen molar-refractivity contribution in [2.45, 2.75) is 69.4 Å². The van der Waals surface area contributed by atoms with E-state index in [1.54, 1.807) is 0 Å². The first-order chi connectivity index (χ1) is 6.68. The fourth-order valence-corrected chi connectivity index (χ4v) is 3.13. The van der Waals surface area contributed by atoms with Gasteiger partial charge in [-0.15, -0.1) is 0 Å². The predicted molar refractivity (Wildman–Crippen MR) is 58.0 cm³/mol. The molecule has 2 aliphatic carbocycles. The van der Waals surface area contributed by atoms with Gasteiger partial charge in [-0.1, -0.05) is 25.7 Å². The minimum atomic E-state index is -0.356. The van der Waals surface area contributed by atoms with E-state index >= 15 is 0 Å². The maximum absolute atomic E-state index is 10.4. The number of aliphatic hydroxyl groups is 1. The number of nitrogens with two attached hydrogens (primary N) is 1. The molecule has 0 radical (unpaired) electrons. The summed E-state index contributed by atoms with van der Waals surface area (Å²) in [5, 5.41) is 10.4. The zero-order valence-corrected chi connectivity index (χ0v) is 9.04. The second-order valence-corrected chi connectivity index (χ2v) is 5.42. The summed E-state index contributed by atoms with van der Waals surface area (Å²) >= 11 is 0. The smallest absolute Gasteiger partial charge is 0.0651 e. The molecule has 0 saturated heterocycles. The van der Waals surface area contributed by atoms with E-state index in [1.807, 2.05) is 0 Å². The van der Waals surface area contributed by atoms with Crippen LogP contribution in [0.4, 0.5) is 0 Å². The molecular formula is C12H23NO. The molecule has 2 fully saturated rings. The molecule has 0 heterocycles. The summed E-state index contributed by atoms with van der Waals surface area (Å²) in [5.41, 5.74) is 5.50. The molecule has 0 bridgehead atoms. The van der Waals surface area contributed by atoms with Crippen LogP contribution in [0.3, 0.4) is 0 Å². The molecule has 0 aromatic rings. The van der Waals surface area contributed by atoms with Gasteiger partial charge in [-0.2, -0.15) is 0 Å². The van der Waals surface area contributed by atoms with Crippen molar-refractivity contribution < 1.29 is 5.11 Å². The summed E-state index contributed by atoms with van der Waals surface area (Å²) in [6.07, 6.45) is 10.4. The van der Waals surface area contributed by atoms with Crippen LogP contribution >= 0.6 is 0 Å². The predicted octanol–water partition coefficient (Wildman–Crippen LogP) is 2.20. The van der Waals surface area contributed by atoms with E-state index in [4.69, 9.17) is 5.73 Å². The molecule has 0 atom stereocenters. The molecule has 2 nitrogen and oxygen atoms in total. The van der Waals surface area contributed by atoms with Crippen LogP contribution in [-0.4, -0.2) is 16.7 Å². The van der Waals surface area contributed by atoms with Crippen LogP contribution in [-0.2, 0) is 0 Å². The molecular weight excluding hydrogens is 174 g/mol. The van der Waals surface area contributed by atoms with E-state index in [2.05, 4.69) is 0 Å². The minimum Gasteiger partial charge on any atom is -0.390 e. The van der Waals surface area contributed by atoms with Gasteiger partial charge in [-0.05, 0) is 38.0 Å². The molecule has 0 amide bonds. The van der Waals surface area contributed by atoms with Crippen LogP contribution in [0.2, 0.25) is 0 Å². The van der Waals surface area contributed by atoms with Gasteiger partial charge in [-0.3, -0.25) is 0 Å². The number of hydrogen-bond donors (Lipinski definition) is 2. The summed E-state index contributed by atoms with van der Waals surface area (Å²) in [5.74, 6) is 0.800. The van der Waals surface area contributed by atoms with Crippen molar-refractivity contribution in [3.8, 4) is 0 Å². The van der Waals surface area contributed by atoms with Crippen molar-refractivity contribution in [1.82, 2.24) is 0 Å². The summed E-state index contributed by atoms with van der Waals surface area (Å²) in [7, 11) is 0. The Balaban J connectivity index is 1.82. The van der Waals surface area contributed by atoms with Gasteiger partial charge in [0.2, 0.25) is 0 Å². The monoisotopic (exact) mass is 197 g/mol. The van der Waals surface area contributed by atoms with Gasteiger partial charge in [0.25, 0.3) is 0 Å². The molecule has 2 saturated carbocycles. The van der Waals surface area contributed by atoms with Crippen molar-refractivity contribution in [2.75, 3.05) is 0 Å². The Morgan fingerprint density at radius 3 is 2.21 bits per heavy atom. The zero-order valence-electron chi connectivity index (χ0n) is 9.04. The average molecular weight is 197 g/mol. The normalized spacial score (nSPS) is 40.3. The fourth-order valence-electron chi connectivity index (χ4n) is 3.13. The first-order valence-electron chi connectivity index (χ1n) is 6.16. The van der Waals surface area contributed by atoms with Crippen molar-refractivity contribution in [3.05, 3.63) is 0 Å². The zero-order chi connectivity index (χ0) is 10.0. The average Bonchev–Trinajstić information content (AvgIpc) is 2.63. The van der Waals surface area contributed by atoms with Crippen molar-refractivity contribution in [3.63, 3.8) is 0 Å². The molecule has 2 rings (SSSR count). The highest BCUT2D eigenvalue weighted by Crippen LogP contribution is 2.38. The van der Waals surface area contributed by atoms with E-state index in [0.29, 0.717) is 6.04 Å². The third-order valence-corrected chi connectivity index (χ3v) is 4.10. The molecule has 14 heavy (non-hydrogen) atoms. The first-order valence-corrected chi connectivity index (χ1v) is 6.16. The third-order valence-electron chi connectivity index (χ3n) is 4.10. The van der Waals surface area contributed by atoms with Crippen LogP contribution in [0, 0.1) is 5.92 Å². The summed E-state index contributed by atoms with van der Waals surface area (Å²) < 4.78 is 0. The lowest BCUT2D eigenvalue weighted by atomic mass is 9.77. The second kappa shape index (κ2) is 4.19. The van der Waals surface area contributed by atoms with Crippen LogP contribution in [0.25, 0.3) is 0 Å². The van der Waals surface area contributed by atoms with Crippen molar-refractivity contribution in [1.29, 1.82) is 0 Å². The lowest BCUT2D eigenvalue weighted by molar-refractivity contribution is -0.0206. The van der Waals surface area contributed by atoms with Gasteiger partial charge in [-0.25, -0.2) is 0 Å². The topological polar surface area (TPSA) is 46.2 Å². The van der Waals surface area contributed by atoms with Crippen molar-refractivity contribution >= 4 is 0 Å². The minimum absolute atomic E-state index is 0.346. The molecule has 2 heteroatoms. The summed E-state index contributed by atoms with van der Waals surface area (Å²) in [4.78, 5) is 0. The maximum atomic E-state index is 10.4. The van der Waals surface area contributed by atoms with E-state index < -0.39 is 0 Å². The quantitative estimate of drug-likeness (QED) is 0.713. The lowest BCUT2D eigenvalue weighted by Gasteiger charge is -2.36. The highest BCUT2D eigenvalue weighted by molar-refractivity contribution is 4.89. The number of hydrogen-bond acceptors (Lipinski definition) is 2. The number of rotatable bonds is 2. The lowest BCUT2D eigenvalue weighted by Crippen LogP contribution is -2.39. The van der Waals surface area contributed by atoms with Gasteiger partial charge in [0, 0.05) is 6.04 Å². The van der Waals surface area contributed by atoms with Crippen LogP contribution < -0.4 is 5.73 Å². The Morgan fingerprint density at radius 1 is 1.07 bits per heavy atom. The van der Waals surface area contributed by atoms with Crippen LogP contribution in [0.5, 0.6) is 0 Å². The first kappa shape index (κ1) is 10.4. The molecule has 82 valence electrons. The molecule has 3 N–H and O–H groups in total. The Kier molecular flexibility index (Phi) is 3.13. The Bertz CT molecular complexity index is 179. The molecule has 2 aliphatic rings. The van der Waals surface area contributed by atoms with Crippen LogP contribution in [0.1, 0.15) is 57.8 Å². The summed E-state index contributed by atoms with van der Waals surface area (Å²) in [6.45, 7) is 0. The van der Waals surface area contributed by atoms with Gasteiger partial charge in [0.1, 0.15) is 0 Å². The third kappa shape index (κ3) is 2.48. The molecule has 0 unspecified atom stereocenters. The Morgan fingerprint density at radius 2 is 1.64 bits per heavy atom. The van der Waals surface area contributed by atoms with Gasteiger partial charge < -0.3 is 10.8 Å². The van der Waals surface area contributed by atoms with Gasteiger partial charge in [0.15, 0.2) is 0 Å². The molecule has 0 spiro atoms. The summed E-state index contributed by atoms with van der Waals surface area (Å²) in [6, 6.07) is 0.346. The Labute approximate surface area is 86.9 Å². The van der Waals surface area contributed by atoms with Gasteiger partial charge >= 0.3 is 0 Å². The standard InChI is InChI=1S/C12H23NO/c13-11-5-7-12(14,8-6-11)9-10-3-1-2-4-10/h10-11,14H,1-9,13H2. The largest absolute Gasteiger partial charge is 0.390 e. The van der Waals surface area contributed by atoms with Crippen molar-refractivity contribution in [2.24, 2.45) is 11.7 Å². The van der Waals surface area contributed by atoms with Crippen LogP contribution in [0.15, 0.2) is 0 Å². The molecule has 0 aliphatic heterocycles. The highest BCUT2D eigenvalue weighted by atomic mass is 16.3. The van der Waals surface area contributed by atoms with E-state index in [9.17, 15) is 5.11 Å². The van der Waals surface area contributed by atoms with E-state index in [1.165, 1.54) is 25.7 Å². The van der Waals surface area contributed by atoms with Gasteiger partial charge in [0.05, 0.1) is 5.60 Å².